The molecule has 112 valence electrons. The summed E-state index contributed by atoms with van der Waals surface area (Å²) >= 11 is 0. The average molecular weight is 282 g/mol. The molecule has 1 aromatic heterocycles. The lowest BCUT2D eigenvalue weighted by Gasteiger charge is -2.32. The first-order valence-corrected chi connectivity index (χ1v) is 6.89. The molecule has 0 aliphatic carbocycles. The number of urea groups is 1. The summed E-state index contributed by atoms with van der Waals surface area (Å²) < 4.78 is 6.92. The van der Waals surface area contributed by atoms with Crippen LogP contribution in [0.1, 0.15) is 32.7 Å². The number of ether oxygens (including phenoxy) is 1. The number of rotatable bonds is 4. The molecular formula is C13H22N4O3. The smallest absolute Gasteiger partial charge is 0.320 e. The molecule has 0 radical (unpaired) electrons. The predicted octanol–water partition coefficient (Wildman–Crippen LogP) is 1.13. The highest BCUT2D eigenvalue weighted by Crippen LogP contribution is 2.19. The Morgan fingerprint density at radius 1 is 1.55 bits per heavy atom. The number of nitrogens with zero attached hydrogens (tertiary/aromatic N) is 2. The van der Waals surface area contributed by atoms with Gasteiger partial charge in [-0.15, -0.1) is 0 Å². The Labute approximate surface area is 118 Å². The Morgan fingerprint density at radius 3 is 2.90 bits per heavy atom. The zero-order valence-corrected chi connectivity index (χ0v) is 11.9. The third kappa shape index (κ3) is 3.71. The van der Waals surface area contributed by atoms with E-state index in [1.807, 2.05) is 13.8 Å². The number of aromatic nitrogens is 2. The summed E-state index contributed by atoms with van der Waals surface area (Å²) in [5.41, 5.74) is -0.867. The van der Waals surface area contributed by atoms with Crippen LogP contribution in [-0.4, -0.2) is 46.3 Å². The first kappa shape index (κ1) is 14.8. The van der Waals surface area contributed by atoms with E-state index in [1.165, 1.54) is 0 Å². The van der Waals surface area contributed by atoms with Crippen LogP contribution in [0.15, 0.2) is 12.3 Å². The molecule has 7 nitrogen and oxygen atoms in total. The summed E-state index contributed by atoms with van der Waals surface area (Å²) in [4.78, 5) is 11.9. The van der Waals surface area contributed by atoms with Crippen LogP contribution in [0, 0.1) is 0 Å². The van der Waals surface area contributed by atoms with Gasteiger partial charge in [0.1, 0.15) is 5.82 Å². The molecule has 1 aliphatic heterocycles. The second-order valence-corrected chi connectivity index (χ2v) is 5.40. The molecule has 0 bridgehead atoms. The molecule has 0 unspecified atom stereocenters. The molecule has 1 fully saturated rings. The standard InChI is InChI=1S/C13H22N4O3/c1-10(2)17-11(3-6-15-17)16-12(18)14-9-13(19)4-7-20-8-5-13/h3,6,10,19H,4-5,7-9H2,1-2H3,(H2,14,16,18). The van der Waals surface area contributed by atoms with Gasteiger partial charge in [-0.05, 0) is 13.8 Å². The van der Waals surface area contributed by atoms with Crippen LogP contribution in [0.25, 0.3) is 0 Å². The number of amides is 2. The molecule has 0 aromatic carbocycles. The lowest BCUT2D eigenvalue weighted by atomic mass is 9.94. The zero-order valence-electron chi connectivity index (χ0n) is 11.9. The highest BCUT2D eigenvalue weighted by atomic mass is 16.5. The molecule has 2 heterocycles. The van der Waals surface area contributed by atoms with Gasteiger partial charge in [0, 0.05) is 44.7 Å². The van der Waals surface area contributed by atoms with E-state index in [1.54, 1.807) is 16.9 Å². The molecular weight excluding hydrogens is 260 g/mol. The van der Waals surface area contributed by atoms with Crippen molar-refractivity contribution in [3.63, 3.8) is 0 Å². The average Bonchev–Trinajstić information content (AvgIpc) is 2.86. The number of carbonyl (C=O) groups excluding carboxylic acids is 1. The molecule has 2 amide bonds. The molecule has 1 aromatic rings. The maximum Gasteiger partial charge on any atom is 0.320 e. The molecule has 20 heavy (non-hydrogen) atoms. The minimum absolute atomic E-state index is 0.167. The number of hydrogen-bond acceptors (Lipinski definition) is 4. The second-order valence-electron chi connectivity index (χ2n) is 5.40. The third-order valence-electron chi connectivity index (χ3n) is 3.40. The van der Waals surface area contributed by atoms with Crippen LogP contribution in [0.4, 0.5) is 10.6 Å². The number of carbonyl (C=O) groups is 1. The SMILES string of the molecule is CC(C)n1nccc1NC(=O)NCC1(O)CCOCC1. The third-order valence-corrected chi connectivity index (χ3v) is 3.40. The van der Waals surface area contributed by atoms with Crippen molar-refractivity contribution < 1.29 is 14.6 Å². The van der Waals surface area contributed by atoms with E-state index < -0.39 is 5.60 Å². The summed E-state index contributed by atoms with van der Waals surface area (Å²) in [7, 11) is 0. The van der Waals surface area contributed by atoms with E-state index in [2.05, 4.69) is 15.7 Å². The Balaban J connectivity index is 1.84. The van der Waals surface area contributed by atoms with E-state index >= 15 is 0 Å². The predicted molar refractivity (Wildman–Crippen MR) is 74.6 cm³/mol. The number of hydrogen-bond donors (Lipinski definition) is 3. The minimum atomic E-state index is -0.867. The van der Waals surface area contributed by atoms with Gasteiger partial charge in [0.15, 0.2) is 0 Å². The van der Waals surface area contributed by atoms with Crippen molar-refractivity contribution in [2.24, 2.45) is 0 Å². The Hall–Kier alpha value is -1.60. The van der Waals surface area contributed by atoms with E-state index in [-0.39, 0.29) is 18.6 Å². The highest BCUT2D eigenvalue weighted by molar-refractivity contribution is 5.88. The van der Waals surface area contributed by atoms with Crippen LogP contribution in [0.3, 0.4) is 0 Å². The Morgan fingerprint density at radius 2 is 2.25 bits per heavy atom. The molecule has 0 spiro atoms. The molecule has 1 aliphatic rings. The fourth-order valence-corrected chi connectivity index (χ4v) is 2.16. The first-order chi connectivity index (χ1) is 9.50. The van der Waals surface area contributed by atoms with Gasteiger partial charge in [-0.25, -0.2) is 9.48 Å². The number of aliphatic hydroxyl groups is 1. The Bertz CT molecular complexity index is 452. The van der Waals surface area contributed by atoms with Crippen molar-refractivity contribution in [1.29, 1.82) is 0 Å². The van der Waals surface area contributed by atoms with Gasteiger partial charge in [0.2, 0.25) is 0 Å². The summed E-state index contributed by atoms with van der Waals surface area (Å²) in [5, 5.41) is 19.8. The second kappa shape index (κ2) is 6.23. The van der Waals surface area contributed by atoms with Crippen molar-refractivity contribution in [2.75, 3.05) is 25.1 Å². The Kier molecular flexibility index (Phi) is 4.61. The van der Waals surface area contributed by atoms with E-state index in [0.717, 1.165) is 0 Å². The topological polar surface area (TPSA) is 88.4 Å². The number of anilines is 1. The van der Waals surface area contributed by atoms with Crippen molar-refractivity contribution >= 4 is 11.8 Å². The molecule has 0 atom stereocenters. The largest absolute Gasteiger partial charge is 0.388 e. The van der Waals surface area contributed by atoms with E-state index in [4.69, 9.17) is 4.74 Å². The molecule has 2 rings (SSSR count). The van der Waals surface area contributed by atoms with Gasteiger partial charge in [-0.2, -0.15) is 5.10 Å². The van der Waals surface area contributed by atoms with Gasteiger partial charge in [0.05, 0.1) is 11.8 Å². The van der Waals surface area contributed by atoms with Crippen molar-refractivity contribution in [3.05, 3.63) is 12.3 Å². The minimum Gasteiger partial charge on any atom is -0.388 e. The summed E-state index contributed by atoms with van der Waals surface area (Å²) in [6.07, 6.45) is 2.72. The van der Waals surface area contributed by atoms with E-state index in [9.17, 15) is 9.90 Å². The van der Waals surface area contributed by atoms with Crippen LogP contribution in [0.2, 0.25) is 0 Å². The first-order valence-electron chi connectivity index (χ1n) is 6.89. The van der Waals surface area contributed by atoms with E-state index in [0.29, 0.717) is 31.9 Å². The monoisotopic (exact) mass is 282 g/mol. The summed E-state index contributed by atoms with van der Waals surface area (Å²) in [6, 6.07) is 1.57. The van der Waals surface area contributed by atoms with Gasteiger partial charge in [-0.1, -0.05) is 0 Å². The fraction of sp³-hybridized carbons (Fsp3) is 0.692. The molecule has 0 saturated carbocycles. The fourth-order valence-electron chi connectivity index (χ4n) is 2.16. The lowest BCUT2D eigenvalue weighted by Crippen LogP contribution is -2.47. The molecule has 7 heteroatoms. The highest BCUT2D eigenvalue weighted by Gasteiger charge is 2.30. The van der Waals surface area contributed by atoms with Crippen LogP contribution < -0.4 is 10.6 Å². The summed E-state index contributed by atoms with van der Waals surface area (Å²) in [6.45, 7) is 5.25. The normalized spacial score (nSPS) is 18.0. The van der Waals surface area contributed by atoms with Gasteiger partial charge in [0.25, 0.3) is 0 Å². The quantitative estimate of drug-likeness (QED) is 0.772. The van der Waals surface area contributed by atoms with Crippen LogP contribution >= 0.6 is 0 Å². The van der Waals surface area contributed by atoms with Gasteiger partial charge in [-0.3, -0.25) is 5.32 Å². The van der Waals surface area contributed by atoms with Crippen molar-refractivity contribution in [3.8, 4) is 0 Å². The van der Waals surface area contributed by atoms with Crippen molar-refractivity contribution in [2.45, 2.75) is 38.3 Å². The van der Waals surface area contributed by atoms with Gasteiger partial charge >= 0.3 is 6.03 Å². The van der Waals surface area contributed by atoms with Crippen LogP contribution in [-0.2, 0) is 4.74 Å². The molecule has 1 saturated heterocycles. The maximum absolute atomic E-state index is 11.9. The maximum atomic E-state index is 11.9. The number of nitrogens with one attached hydrogen (secondary N) is 2. The van der Waals surface area contributed by atoms with Gasteiger partial charge < -0.3 is 15.2 Å². The van der Waals surface area contributed by atoms with Crippen molar-refractivity contribution in [1.82, 2.24) is 15.1 Å². The van der Waals surface area contributed by atoms with Crippen LogP contribution in [0.5, 0.6) is 0 Å². The summed E-state index contributed by atoms with van der Waals surface area (Å²) in [5.74, 6) is 0.636. The molecule has 3 N–H and O–H groups in total. The zero-order chi connectivity index (χ0) is 14.6. The lowest BCUT2D eigenvalue weighted by molar-refractivity contribution is -0.0598.